The van der Waals surface area contributed by atoms with Gasteiger partial charge >= 0.3 is 0 Å². The van der Waals surface area contributed by atoms with E-state index in [9.17, 15) is 4.79 Å². The third-order valence-corrected chi connectivity index (χ3v) is 2.23. The third-order valence-electron chi connectivity index (χ3n) is 2.23. The summed E-state index contributed by atoms with van der Waals surface area (Å²) in [7, 11) is 0. The molecule has 13 heavy (non-hydrogen) atoms. The van der Waals surface area contributed by atoms with Gasteiger partial charge in [0.15, 0.2) is 0 Å². The second-order valence-corrected chi connectivity index (χ2v) is 3.54. The van der Waals surface area contributed by atoms with Gasteiger partial charge in [0.1, 0.15) is 5.82 Å². The van der Waals surface area contributed by atoms with E-state index in [1.165, 1.54) is 18.9 Å². The molecule has 1 saturated carbocycles. The van der Waals surface area contributed by atoms with Crippen molar-refractivity contribution in [3.63, 3.8) is 0 Å². The van der Waals surface area contributed by atoms with Crippen molar-refractivity contribution in [2.75, 3.05) is 0 Å². The van der Waals surface area contributed by atoms with Crippen LogP contribution >= 0.6 is 0 Å². The van der Waals surface area contributed by atoms with Crippen molar-refractivity contribution < 1.29 is 0 Å². The lowest BCUT2D eigenvalue weighted by Crippen LogP contribution is -2.15. The topological polar surface area (TPSA) is 71.8 Å². The molecule has 4 heteroatoms. The van der Waals surface area contributed by atoms with Crippen LogP contribution < -0.4 is 11.3 Å². The lowest BCUT2D eigenvalue weighted by Gasteiger charge is -2.00. The maximum Gasteiger partial charge on any atom is 0.251 e. The van der Waals surface area contributed by atoms with Crippen LogP contribution in [0.2, 0.25) is 0 Å². The van der Waals surface area contributed by atoms with Gasteiger partial charge in [0.2, 0.25) is 0 Å². The van der Waals surface area contributed by atoms with Crippen LogP contribution in [0.3, 0.4) is 0 Å². The van der Waals surface area contributed by atoms with Crippen molar-refractivity contribution in [3.8, 4) is 0 Å². The Hall–Kier alpha value is -1.16. The monoisotopic (exact) mass is 179 g/mol. The first-order chi connectivity index (χ1) is 6.28. The van der Waals surface area contributed by atoms with Gasteiger partial charge in [-0.3, -0.25) is 4.79 Å². The molecule has 70 valence electrons. The molecule has 0 saturated heterocycles. The highest BCUT2D eigenvalue weighted by atomic mass is 16.1. The van der Waals surface area contributed by atoms with E-state index in [0.717, 1.165) is 18.2 Å². The Bertz CT molecular complexity index is 354. The summed E-state index contributed by atoms with van der Waals surface area (Å²) in [5, 5.41) is 0. The second-order valence-electron chi connectivity index (χ2n) is 3.54. The number of aromatic nitrogens is 2. The summed E-state index contributed by atoms with van der Waals surface area (Å²) < 4.78 is 0. The Kier molecular flexibility index (Phi) is 2.14. The summed E-state index contributed by atoms with van der Waals surface area (Å²) in [6.07, 6.45) is 3.41. The van der Waals surface area contributed by atoms with E-state index in [1.54, 1.807) is 0 Å². The molecule has 3 N–H and O–H groups in total. The van der Waals surface area contributed by atoms with Crippen LogP contribution in [0.4, 0.5) is 0 Å². The first-order valence-electron chi connectivity index (χ1n) is 4.57. The highest BCUT2D eigenvalue weighted by Crippen LogP contribution is 2.31. The molecule has 4 nitrogen and oxygen atoms in total. The molecule has 0 aliphatic heterocycles. The minimum Gasteiger partial charge on any atom is -0.325 e. The van der Waals surface area contributed by atoms with Gasteiger partial charge in [0.05, 0.1) is 5.69 Å². The third kappa shape index (κ3) is 2.15. The first-order valence-corrected chi connectivity index (χ1v) is 4.57. The van der Waals surface area contributed by atoms with Crippen LogP contribution in [0.5, 0.6) is 0 Å². The zero-order chi connectivity index (χ0) is 9.26. The van der Waals surface area contributed by atoms with Crippen LogP contribution in [0.25, 0.3) is 0 Å². The van der Waals surface area contributed by atoms with Crippen LogP contribution in [0, 0.1) is 5.92 Å². The molecule has 0 bridgehead atoms. The maximum absolute atomic E-state index is 11.1. The Balaban J connectivity index is 2.22. The molecule has 0 amide bonds. The van der Waals surface area contributed by atoms with Crippen molar-refractivity contribution in [1.82, 2.24) is 9.97 Å². The van der Waals surface area contributed by atoms with Crippen molar-refractivity contribution >= 4 is 0 Å². The van der Waals surface area contributed by atoms with Crippen LogP contribution in [0.15, 0.2) is 10.9 Å². The molecule has 1 aromatic heterocycles. The number of H-pyrrole nitrogens is 1. The molecule has 1 fully saturated rings. The molecule has 2 rings (SSSR count). The van der Waals surface area contributed by atoms with Gasteiger partial charge in [0, 0.05) is 19.0 Å². The van der Waals surface area contributed by atoms with Crippen molar-refractivity contribution in [3.05, 3.63) is 27.9 Å². The fraction of sp³-hybridized carbons (Fsp3) is 0.556. The molecule has 1 heterocycles. The summed E-state index contributed by atoms with van der Waals surface area (Å²) >= 11 is 0. The van der Waals surface area contributed by atoms with Crippen molar-refractivity contribution in [1.29, 1.82) is 0 Å². The minimum atomic E-state index is -0.0916. The summed E-state index contributed by atoms with van der Waals surface area (Å²) in [6.45, 7) is 0.335. The lowest BCUT2D eigenvalue weighted by atomic mass is 10.2. The molecule has 0 spiro atoms. The Morgan fingerprint density at radius 3 is 3.00 bits per heavy atom. The van der Waals surface area contributed by atoms with Gasteiger partial charge < -0.3 is 10.7 Å². The number of rotatable bonds is 3. The van der Waals surface area contributed by atoms with Gasteiger partial charge in [-0.25, -0.2) is 4.98 Å². The minimum absolute atomic E-state index is 0.0916. The highest BCUT2D eigenvalue weighted by Gasteiger charge is 2.22. The Labute approximate surface area is 76.2 Å². The molecular formula is C9H13N3O. The van der Waals surface area contributed by atoms with E-state index < -0.39 is 0 Å². The largest absolute Gasteiger partial charge is 0.325 e. The number of hydrogen-bond acceptors (Lipinski definition) is 3. The molecule has 0 unspecified atom stereocenters. The maximum atomic E-state index is 11.1. The summed E-state index contributed by atoms with van der Waals surface area (Å²) in [4.78, 5) is 18.1. The molecule has 1 aliphatic rings. The summed E-state index contributed by atoms with van der Waals surface area (Å²) in [5.74, 6) is 1.52. The van der Waals surface area contributed by atoms with Gasteiger partial charge in [-0.2, -0.15) is 0 Å². The van der Waals surface area contributed by atoms with E-state index in [-0.39, 0.29) is 5.56 Å². The Morgan fingerprint density at radius 1 is 1.62 bits per heavy atom. The van der Waals surface area contributed by atoms with Crippen LogP contribution in [-0.2, 0) is 13.0 Å². The quantitative estimate of drug-likeness (QED) is 0.695. The second kappa shape index (κ2) is 3.30. The summed E-state index contributed by atoms with van der Waals surface area (Å²) in [5.41, 5.74) is 6.01. The Morgan fingerprint density at radius 2 is 2.38 bits per heavy atom. The normalized spacial score (nSPS) is 16.1. The molecule has 1 aromatic rings. The van der Waals surface area contributed by atoms with E-state index in [4.69, 9.17) is 5.73 Å². The van der Waals surface area contributed by atoms with Crippen molar-refractivity contribution in [2.24, 2.45) is 11.7 Å². The molecular weight excluding hydrogens is 166 g/mol. The molecule has 1 aliphatic carbocycles. The smallest absolute Gasteiger partial charge is 0.251 e. The number of hydrogen-bond donors (Lipinski definition) is 2. The SMILES string of the molecule is NCc1cc(=O)[nH]c(CC2CC2)n1. The number of nitrogens with one attached hydrogen (secondary N) is 1. The fourth-order valence-electron chi connectivity index (χ4n) is 1.36. The van der Waals surface area contributed by atoms with Gasteiger partial charge in [-0.15, -0.1) is 0 Å². The average molecular weight is 179 g/mol. The first kappa shape index (κ1) is 8.44. The fourth-order valence-corrected chi connectivity index (χ4v) is 1.36. The number of aromatic amines is 1. The van der Waals surface area contributed by atoms with Gasteiger partial charge in [-0.05, 0) is 18.8 Å². The molecule has 0 radical (unpaired) electrons. The summed E-state index contributed by atoms with van der Waals surface area (Å²) in [6, 6.07) is 1.45. The molecule has 0 aromatic carbocycles. The van der Waals surface area contributed by atoms with Crippen molar-refractivity contribution in [2.45, 2.75) is 25.8 Å². The number of nitrogens with two attached hydrogens (primary N) is 1. The number of nitrogens with zero attached hydrogens (tertiary/aromatic N) is 1. The van der Waals surface area contributed by atoms with E-state index >= 15 is 0 Å². The highest BCUT2D eigenvalue weighted by molar-refractivity contribution is 5.03. The zero-order valence-electron chi connectivity index (χ0n) is 7.42. The zero-order valence-corrected chi connectivity index (χ0v) is 7.42. The van der Waals surface area contributed by atoms with E-state index in [2.05, 4.69) is 9.97 Å². The molecule has 0 atom stereocenters. The average Bonchev–Trinajstić information content (AvgIpc) is 2.87. The lowest BCUT2D eigenvalue weighted by molar-refractivity contribution is 0.749. The predicted octanol–water partition coefficient (Wildman–Crippen LogP) is 0.181. The predicted molar refractivity (Wildman–Crippen MR) is 49.2 cm³/mol. The van der Waals surface area contributed by atoms with Gasteiger partial charge in [-0.1, -0.05) is 0 Å². The standard InChI is InChI=1S/C9H13N3O/c10-5-7-4-9(13)12-8(11-7)3-6-1-2-6/h4,6H,1-3,5,10H2,(H,11,12,13). The van der Waals surface area contributed by atoms with E-state index in [1.807, 2.05) is 0 Å². The van der Waals surface area contributed by atoms with Crippen LogP contribution in [-0.4, -0.2) is 9.97 Å². The van der Waals surface area contributed by atoms with Gasteiger partial charge in [0.25, 0.3) is 5.56 Å². The van der Waals surface area contributed by atoms with E-state index in [0.29, 0.717) is 12.2 Å². The van der Waals surface area contributed by atoms with Crippen LogP contribution in [0.1, 0.15) is 24.4 Å².